The number of benzene rings is 2. The minimum atomic E-state index is 0.00125. The normalized spacial score (nSPS) is 16.4. The molecule has 1 aliphatic heterocycles. The van der Waals surface area contributed by atoms with Gasteiger partial charge in [-0.2, -0.15) is 0 Å². The zero-order chi connectivity index (χ0) is 22.5. The third kappa shape index (κ3) is 5.05. The quantitative estimate of drug-likeness (QED) is 0.548. The van der Waals surface area contributed by atoms with Gasteiger partial charge in [0.1, 0.15) is 0 Å². The van der Waals surface area contributed by atoms with Gasteiger partial charge in [-0.15, -0.1) is 0 Å². The monoisotopic (exact) mass is 443 g/mol. The van der Waals surface area contributed by atoms with Crippen molar-refractivity contribution < 1.29 is 9.53 Å². The average molecular weight is 444 g/mol. The summed E-state index contributed by atoms with van der Waals surface area (Å²) in [6, 6.07) is 21.0. The molecule has 5 heteroatoms. The lowest BCUT2D eigenvalue weighted by Crippen LogP contribution is -2.38. The molecule has 0 unspecified atom stereocenters. The van der Waals surface area contributed by atoms with Crippen LogP contribution in [-0.2, 0) is 17.6 Å². The predicted molar refractivity (Wildman–Crippen MR) is 132 cm³/mol. The van der Waals surface area contributed by atoms with Crippen LogP contribution in [0.15, 0.2) is 60.7 Å². The molecule has 1 aromatic heterocycles. The lowest BCUT2D eigenvalue weighted by atomic mass is 9.98. The standard InChI is InChI=1S/C28H33N3O2/c32-28(29-15-6-16-30-17-19-33-20-18-30)23-11-13-25(14-12-23)31-26-10-5-4-9-24(26)21-27(31)22-7-2-1-3-8-22/h1-3,7-8,11-14,21H,4-6,9-10,15-20H2,(H,29,32). The molecule has 1 fully saturated rings. The smallest absolute Gasteiger partial charge is 0.251 e. The highest BCUT2D eigenvalue weighted by molar-refractivity contribution is 5.94. The summed E-state index contributed by atoms with van der Waals surface area (Å²) in [6.07, 6.45) is 5.70. The largest absolute Gasteiger partial charge is 0.379 e. The van der Waals surface area contributed by atoms with Crippen LogP contribution in [0.2, 0.25) is 0 Å². The van der Waals surface area contributed by atoms with E-state index in [4.69, 9.17) is 4.74 Å². The van der Waals surface area contributed by atoms with Gasteiger partial charge in [0.05, 0.1) is 18.9 Å². The summed E-state index contributed by atoms with van der Waals surface area (Å²) >= 11 is 0. The fourth-order valence-corrected chi connectivity index (χ4v) is 5.01. The molecule has 1 N–H and O–H groups in total. The van der Waals surface area contributed by atoms with Crippen LogP contribution in [0.5, 0.6) is 0 Å². The summed E-state index contributed by atoms with van der Waals surface area (Å²) in [5, 5.41) is 3.08. The fourth-order valence-electron chi connectivity index (χ4n) is 5.01. The molecule has 0 radical (unpaired) electrons. The zero-order valence-corrected chi connectivity index (χ0v) is 19.3. The molecular formula is C28H33N3O2. The van der Waals surface area contributed by atoms with Crippen LogP contribution in [0, 0.1) is 0 Å². The van der Waals surface area contributed by atoms with E-state index in [0.29, 0.717) is 12.1 Å². The van der Waals surface area contributed by atoms with Crippen molar-refractivity contribution in [3.63, 3.8) is 0 Å². The number of carbonyl (C=O) groups is 1. The van der Waals surface area contributed by atoms with Crippen LogP contribution in [0.3, 0.4) is 0 Å². The van der Waals surface area contributed by atoms with E-state index in [1.54, 1.807) is 0 Å². The first kappa shape index (κ1) is 21.9. The number of rotatable bonds is 7. The molecule has 0 saturated carbocycles. The Bertz CT molecular complexity index is 1070. The minimum Gasteiger partial charge on any atom is -0.379 e. The summed E-state index contributed by atoms with van der Waals surface area (Å²) < 4.78 is 7.79. The summed E-state index contributed by atoms with van der Waals surface area (Å²) in [4.78, 5) is 15.1. The first-order valence-corrected chi connectivity index (χ1v) is 12.3. The van der Waals surface area contributed by atoms with Crippen LogP contribution in [0.25, 0.3) is 16.9 Å². The average Bonchev–Trinajstić information content (AvgIpc) is 3.27. The number of fused-ring (bicyclic) bond motifs is 1. The molecule has 172 valence electrons. The maximum absolute atomic E-state index is 12.7. The molecule has 2 aliphatic rings. The van der Waals surface area contributed by atoms with Crippen molar-refractivity contribution in [3.8, 4) is 16.9 Å². The Morgan fingerprint density at radius 3 is 2.48 bits per heavy atom. The van der Waals surface area contributed by atoms with Gasteiger partial charge in [-0.25, -0.2) is 0 Å². The van der Waals surface area contributed by atoms with Gasteiger partial charge in [0.25, 0.3) is 5.91 Å². The summed E-state index contributed by atoms with van der Waals surface area (Å²) in [7, 11) is 0. The second kappa shape index (κ2) is 10.4. The number of aryl methyl sites for hydroxylation is 1. The second-order valence-corrected chi connectivity index (χ2v) is 9.02. The van der Waals surface area contributed by atoms with Gasteiger partial charge in [-0.1, -0.05) is 30.3 Å². The van der Waals surface area contributed by atoms with Crippen molar-refractivity contribution in [1.82, 2.24) is 14.8 Å². The van der Waals surface area contributed by atoms with E-state index in [9.17, 15) is 4.79 Å². The number of nitrogens with zero attached hydrogens (tertiary/aromatic N) is 2. The SMILES string of the molecule is O=C(NCCCN1CCOCC1)c1ccc(-n2c(-c3ccccc3)cc3c2CCCC3)cc1. The molecule has 2 aromatic carbocycles. The van der Waals surface area contributed by atoms with Crippen molar-refractivity contribution in [2.45, 2.75) is 32.1 Å². The molecule has 1 amide bonds. The second-order valence-electron chi connectivity index (χ2n) is 9.02. The fraction of sp³-hybridized carbons (Fsp3) is 0.393. The zero-order valence-electron chi connectivity index (χ0n) is 19.3. The van der Waals surface area contributed by atoms with Crippen molar-refractivity contribution in [2.75, 3.05) is 39.4 Å². The van der Waals surface area contributed by atoms with Crippen molar-refractivity contribution in [1.29, 1.82) is 0 Å². The van der Waals surface area contributed by atoms with Crippen LogP contribution in [0.1, 0.15) is 40.9 Å². The maximum atomic E-state index is 12.7. The van der Waals surface area contributed by atoms with E-state index in [1.807, 2.05) is 12.1 Å². The number of hydrogen-bond acceptors (Lipinski definition) is 3. The van der Waals surface area contributed by atoms with Crippen LogP contribution < -0.4 is 5.32 Å². The summed E-state index contributed by atoms with van der Waals surface area (Å²) in [6.45, 7) is 5.31. The van der Waals surface area contributed by atoms with Crippen molar-refractivity contribution in [3.05, 3.63) is 77.5 Å². The van der Waals surface area contributed by atoms with Crippen LogP contribution >= 0.6 is 0 Å². The summed E-state index contributed by atoms with van der Waals surface area (Å²) in [5.74, 6) is 0.00125. The van der Waals surface area contributed by atoms with E-state index in [2.05, 4.69) is 63.3 Å². The first-order chi connectivity index (χ1) is 16.3. The molecule has 0 spiro atoms. The van der Waals surface area contributed by atoms with E-state index in [-0.39, 0.29) is 5.91 Å². The molecule has 0 bridgehead atoms. The number of morpholine rings is 1. The minimum absolute atomic E-state index is 0.00125. The van der Waals surface area contributed by atoms with Crippen LogP contribution in [-0.4, -0.2) is 54.8 Å². The lowest BCUT2D eigenvalue weighted by Gasteiger charge is -2.26. The van der Waals surface area contributed by atoms with E-state index in [1.165, 1.54) is 35.4 Å². The molecule has 1 aliphatic carbocycles. The molecule has 0 atom stereocenters. The number of nitrogens with one attached hydrogen (secondary N) is 1. The van der Waals surface area contributed by atoms with Crippen molar-refractivity contribution in [2.24, 2.45) is 0 Å². The van der Waals surface area contributed by atoms with Gasteiger partial charge in [-0.3, -0.25) is 9.69 Å². The third-order valence-electron chi connectivity index (χ3n) is 6.80. The van der Waals surface area contributed by atoms with Gasteiger partial charge in [0.15, 0.2) is 0 Å². The predicted octanol–water partition coefficient (Wildman–Crippen LogP) is 4.48. The van der Waals surface area contributed by atoms with E-state index < -0.39 is 0 Å². The van der Waals surface area contributed by atoms with Gasteiger partial charge in [0, 0.05) is 36.6 Å². The lowest BCUT2D eigenvalue weighted by molar-refractivity contribution is 0.0374. The Morgan fingerprint density at radius 2 is 1.70 bits per heavy atom. The molecule has 33 heavy (non-hydrogen) atoms. The highest BCUT2D eigenvalue weighted by atomic mass is 16.5. The molecule has 5 nitrogen and oxygen atoms in total. The highest BCUT2D eigenvalue weighted by Gasteiger charge is 2.20. The molecule has 2 heterocycles. The molecule has 1 saturated heterocycles. The molecular weight excluding hydrogens is 410 g/mol. The molecule has 3 aromatic rings. The number of carbonyl (C=O) groups excluding carboxylic acids is 1. The number of hydrogen-bond donors (Lipinski definition) is 1. The van der Waals surface area contributed by atoms with Gasteiger partial charge >= 0.3 is 0 Å². The Labute approximate surface area is 196 Å². The Hall–Kier alpha value is -2.89. The maximum Gasteiger partial charge on any atom is 0.251 e. The number of aromatic nitrogens is 1. The highest BCUT2D eigenvalue weighted by Crippen LogP contribution is 2.33. The topological polar surface area (TPSA) is 46.5 Å². The third-order valence-corrected chi connectivity index (χ3v) is 6.80. The van der Waals surface area contributed by atoms with Gasteiger partial charge in [-0.05, 0) is 80.1 Å². The van der Waals surface area contributed by atoms with E-state index >= 15 is 0 Å². The van der Waals surface area contributed by atoms with Gasteiger partial charge < -0.3 is 14.6 Å². The number of ether oxygens (including phenoxy) is 1. The summed E-state index contributed by atoms with van der Waals surface area (Å²) in [5.41, 5.74) is 7.19. The Balaban J connectivity index is 1.28. The van der Waals surface area contributed by atoms with E-state index in [0.717, 1.165) is 57.8 Å². The van der Waals surface area contributed by atoms with Crippen LogP contribution in [0.4, 0.5) is 0 Å². The Morgan fingerprint density at radius 1 is 0.939 bits per heavy atom. The van der Waals surface area contributed by atoms with Crippen molar-refractivity contribution >= 4 is 5.91 Å². The van der Waals surface area contributed by atoms with Gasteiger partial charge in [0.2, 0.25) is 0 Å². The molecule has 5 rings (SSSR count). The number of amides is 1. The first-order valence-electron chi connectivity index (χ1n) is 12.3. The Kier molecular flexibility index (Phi) is 6.89.